The first kappa shape index (κ1) is 16.1. The van der Waals surface area contributed by atoms with Gasteiger partial charge in [0, 0.05) is 0 Å². The van der Waals surface area contributed by atoms with E-state index in [1.54, 1.807) is 30.3 Å². The number of rotatable bonds is 2. The van der Waals surface area contributed by atoms with Crippen molar-refractivity contribution < 1.29 is 39.5 Å². The molecule has 3 heteroatoms. The van der Waals surface area contributed by atoms with Gasteiger partial charge in [0.25, 0.3) is 0 Å². The maximum atomic E-state index is 10.2. The van der Waals surface area contributed by atoms with Gasteiger partial charge in [-0.25, -0.2) is 4.79 Å². The van der Waals surface area contributed by atoms with Crippen molar-refractivity contribution in [1.82, 2.24) is 0 Å². The first-order valence-electron chi connectivity index (χ1n) is 4.30. The van der Waals surface area contributed by atoms with Gasteiger partial charge in [0.1, 0.15) is 0 Å². The Bertz CT molecular complexity index is 232. The summed E-state index contributed by atoms with van der Waals surface area (Å²) in [7, 11) is 0. The Hall–Kier alpha value is -0.310. The molecule has 0 aliphatic carbocycles. The first-order chi connectivity index (χ1) is 6.22. The predicted molar refractivity (Wildman–Crippen MR) is 53.7 cm³/mol. The molecule has 0 saturated heterocycles. The zero-order chi connectivity index (χ0) is 10.1. The van der Waals surface area contributed by atoms with Gasteiger partial charge in [-0.3, -0.25) is 0 Å². The predicted octanol–water partition coefficient (Wildman–Crippen LogP) is 0.00939. The fraction of sp³-hybridized carbons (Fsp3) is 0.273. The Labute approximate surface area is 108 Å². The Balaban J connectivity index is 0. The van der Waals surface area contributed by atoms with Crippen LogP contribution in [0.2, 0.25) is 0 Å². The van der Waals surface area contributed by atoms with Crippen LogP contribution in [-0.4, -0.2) is 11.1 Å². The third kappa shape index (κ3) is 8.30. The van der Waals surface area contributed by atoms with Gasteiger partial charge < -0.3 is 12.0 Å². The summed E-state index contributed by atoms with van der Waals surface area (Å²) in [4.78, 5) is 10.2. The van der Waals surface area contributed by atoms with Crippen molar-refractivity contribution >= 4 is 5.97 Å². The maximum Gasteiger partial charge on any atom is 1.00 e. The van der Waals surface area contributed by atoms with Gasteiger partial charge in [0.2, 0.25) is 0 Å². The maximum absolute atomic E-state index is 10.2. The third-order valence-electron chi connectivity index (χ3n) is 1.37. The van der Waals surface area contributed by atoms with Gasteiger partial charge in [-0.15, -0.1) is 0 Å². The molecule has 0 aromatic heterocycles. The van der Waals surface area contributed by atoms with Crippen LogP contribution in [0.3, 0.4) is 0 Å². The number of carboxylic acid groups (broad SMARTS) is 1. The van der Waals surface area contributed by atoms with Crippen molar-refractivity contribution in [3.05, 3.63) is 42.8 Å². The number of aromatic carboxylic acids is 1. The standard InChI is InChI=1S/C7H6O2.C4H9.Na/c8-7(9)6-4-2-1-3-5-6;1-3-4-2;/h1-5H,(H,8,9);1,3-4H2,2H3;/q;-1;+1. The van der Waals surface area contributed by atoms with Crippen LogP contribution in [0.15, 0.2) is 30.3 Å². The van der Waals surface area contributed by atoms with Gasteiger partial charge in [-0.2, -0.15) is 6.42 Å². The number of hydrogen-bond acceptors (Lipinski definition) is 1. The second-order valence-electron chi connectivity index (χ2n) is 2.52. The van der Waals surface area contributed by atoms with Crippen LogP contribution in [-0.2, 0) is 0 Å². The molecule has 0 radical (unpaired) electrons. The number of carboxylic acids is 1. The zero-order valence-corrected chi connectivity index (χ0v) is 10.9. The normalized spacial score (nSPS) is 7.86. The van der Waals surface area contributed by atoms with E-state index >= 15 is 0 Å². The fourth-order valence-electron chi connectivity index (χ4n) is 0.581. The minimum atomic E-state index is -0.879. The minimum absolute atomic E-state index is 0. The van der Waals surface area contributed by atoms with Crippen molar-refractivity contribution in [1.29, 1.82) is 0 Å². The number of hydrogen-bond donors (Lipinski definition) is 1. The summed E-state index contributed by atoms with van der Waals surface area (Å²) in [5.74, 6) is -0.879. The van der Waals surface area contributed by atoms with Gasteiger partial charge in [-0.1, -0.05) is 31.5 Å². The molecule has 0 spiro atoms. The second-order valence-corrected chi connectivity index (χ2v) is 2.52. The smallest absolute Gasteiger partial charge is 0.478 e. The summed E-state index contributed by atoms with van der Waals surface area (Å²) in [6.07, 6.45) is 2.28. The molecule has 2 nitrogen and oxygen atoms in total. The van der Waals surface area contributed by atoms with E-state index in [0.29, 0.717) is 5.56 Å². The molecule has 0 saturated carbocycles. The molecule has 0 heterocycles. The van der Waals surface area contributed by atoms with E-state index in [2.05, 4.69) is 13.8 Å². The number of carbonyl (C=O) groups is 1. The Morgan fingerprint density at radius 3 is 2.00 bits per heavy atom. The average Bonchev–Trinajstić information content (AvgIpc) is 2.19. The van der Waals surface area contributed by atoms with Crippen molar-refractivity contribution in [2.45, 2.75) is 19.8 Å². The molecular formula is C11H15NaO2. The van der Waals surface area contributed by atoms with E-state index in [-0.39, 0.29) is 29.6 Å². The Morgan fingerprint density at radius 1 is 1.36 bits per heavy atom. The van der Waals surface area contributed by atoms with E-state index in [1.807, 2.05) is 0 Å². The Morgan fingerprint density at radius 2 is 1.79 bits per heavy atom. The molecule has 0 amide bonds. The molecule has 1 N–H and O–H groups in total. The first-order valence-corrected chi connectivity index (χ1v) is 4.30. The van der Waals surface area contributed by atoms with E-state index in [4.69, 9.17) is 5.11 Å². The third-order valence-corrected chi connectivity index (χ3v) is 1.37. The van der Waals surface area contributed by atoms with Crippen LogP contribution < -0.4 is 29.6 Å². The summed E-state index contributed by atoms with van der Waals surface area (Å²) in [6, 6.07) is 8.30. The van der Waals surface area contributed by atoms with Crippen LogP contribution >= 0.6 is 0 Å². The molecule has 0 aliphatic rings. The van der Waals surface area contributed by atoms with E-state index < -0.39 is 5.97 Å². The van der Waals surface area contributed by atoms with Crippen LogP contribution in [0.4, 0.5) is 0 Å². The van der Waals surface area contributed by atoms with E-state index in [9.17, 15) is 4.79 Å². The van der Waals surface area contributed by atoms with Crippen LogP contribution in [0.1, 0.15) is 30.1 Å². The monoisotopic (exact) mass is 202 g/mol. The zero-order valence-electron chi connectivity index (χ0n) is 8.86. The molecule has 0 bridgehead atoms. The average molecular weight is 202 g/mol. The number of unbranched alkanes of at least 4 members (excludes halogenated alkanes) is 1. The molecule has 14 heavy (non-hydrogen) atoms. The molecule has 0 fully saturated rings. The Kier molecular flexibility index (Phi) is 12.4. The topological polar surface area (TPSA) is 37.3 Å². The van der Waals surface area contributed by atoms with Gasteiger partial charge >= 0.3 is 35.5 Å². The molecule has 1 rings (SSSR count). The van der Waals surface area contributed by atoms with Gasteiger partial charge in [-0.05, 0) is 12.1 Å². The molecule has 0 aliphatic heterocycles. The van der Waals surface area contributed by atoms with Crippen LogP contribution in [0, 0.1) is 6.92 Å². The largest absolute Gasteiger partial charge is 1.00 e. The molecule has 0 atom stereocenters. The molecule has 0 unspecified atom stereocenters. The van der Waals surface area contributed by atoms with E-state index in [1.165, 1.54) is 6.42 Å². The van der Waals surface area contributed by atoms with Gasteiger partial charge in [0.15, 0.2) is 0 Å². The summed E-state index contributed by atoms with van der Waals surface area (Å²) in [5, 5.41) is 8.38. The molecule has 1 aromatic carbocycles. The SMILES string of the molecule is O=C(O)c1ccccc1.[CH2-]CCC.[Na+]. The molecule has 72 valence electrons. The summed E-state index contributed by atoms with van der Waals surface area (Å²) in [5.41, 5.74) is 0.331. The van der Waals surface area contributed by atoms with Crippen LogP contribution in [0.25, 0.3) is 0 Å². The minimum Gasteiger partial charge on any atom is -0.478 e. The van der Waals surface area contributed by atoms with E-state index in [0.717, 1.165) is 6.42 Å². The summed E-state index contributed by atoms with van der Waals surface area (Å²) in [6.45, 7) is 5.72. The molecule has 1 aromatic rings. The van der Waals surface area contributed by atoms with Crippen LogP contribution in [0.5, 0.6) is 0 Å². The van der Waals surface area contributed by atoms with Crippen molar-refractivity contribution in [2.75, 3.05) is 0 Å². The fourth-order valence-corrected chi connectivity index (χ4v) is 0.581. The summed E-state index contributed by atoms with van der Waals surface area (Å²) < 4.78 is 0. The second kappa shape index (κ2) is 10.8. The molecular weight excluding hydrogens is 187 g/mol. The van der Waals surface area contributed by atoms with Crippen molar-refractivity contribution in [2.24, 2.45) is 0 Å². The van der Waals surface area contributed by atoms with Crippen molar-refractivity contribution in [3.8, 4) is 0 Å². The summed E-state index contributed by atoms with van der Waals surface area (Å²) >= 11 is 0. The number of benzene rings is 1. The van der Waals surface area contributed by atoms with Gasteiger partial charge in [0.05, 0.1) is 5.56 Å². The quantitative estimate of drug-likeness (QED) is 0.542. The van der Waals surface area contributed by atoms with Crippen molar-refractivity contribution in [3.63, 3.8) is 0 Å².